The topological polar surface area (TPSA) is 63.8 Å². The summed E-state index contributed by atoms with van der Waals surface area (Å²) in [5, 5.41) is 6.09. The van der Waals surface area contributed by atoms with Crippen LogP contribution in [0.2, 0.25) is 0 Å². The van der Waals surface area contributed by atoms with Crippen LogP contribution in [0.5, 0.6) is 0 Å². The fourth-order valence-corrected chi connectivity index (χ4v) is 2.90. The first-order valence-electron chi connectivity index (χ1n) is 6.84. The number of aromatic nitrogens is 3. The van der Waals surface area contributed by atoms with Crippen LogP contribution in [0.1, 0.15) is 5.69 Å². The minimum Gasteiger partial charge on any atom is -0.424 e. The highest BCUT2D eigenvalue weighted by Crippen LogP contribution is 2.22. The summed E-state index contributed by atoms with van der Waals surface area (Å²) in [5.41, 5.74) is 3.45. The fourth-order valence-electron chi connectivity index (χ4n) is 2.11. The second-order valence-electron chi connectivity index (χ2n) is 4.70. The third-order valence-corrected chi connectivity index (χ3v) is 4.06. The molecule has 0 saturated heterocycles. The SMILES string of the molecule is c1ccc(-c2nc(CNc3nc4ccccc4o3)cs2)nc1. The number of oxazole rings is 1. The molecule has 0 amide bonds. The molecule has 0 saturated carbocycles. The standard InChI is InChI=1S/C16H12N4OS/c1-2-7-14-12(5-1)20-16(21-14)18-9-11-10-22-15(19-11)13-6-3-4-8-17-13/h1-8,10H,9H2,(H,18,20). The van der Waals surface area contributed by atoms with Crippen molar-refractivity contribution in [2.75, 3.05) is 5.32 Å². The molecular weight excluding hydrogens is 296 g/mol. The van der Waals surface area contributed by atoms with Gasteiger partial charge in [0.05, 0.1) is 17.9 Å². The molecule has 3 heterocycles. The highest BCUT2D eigenvalue weighted by Gasteiger charge is 2.08. The predicted molar refractivity (Wildman–Crippen MR) is 86.7 cm³/mol. The average molecular weight is 308 g/mol. The van der Waals surface area contributed by atoms with Crippen LogP contribution in [0.15, 0.2) is 58.5 Å². The summed E-state index contributed by atoms with van der Waals surface area (Å²) in [6, 6.07) is 14.0. The number of hydrogen-bond acceptors (Lipinski definition) is 6. The highest BCUT2D eigenvalue weighted by atomic mass is 32.1. The van der Waals surface area contributed by atoms with Crippen LogP contribution in [-0.2, 0) is 6.54 Å². The Morgan fingerprint density at radius 1 is 1.05 bits per heavy atom. The number of rotatable bonds is 4. The van der Waals surface area contributed by atoms with Crippen LogP contribution < -0.4 is 5.32 Å². The Hall–Kier alpha value is -2.73. The van der Waals surface area contributed by atoms with Gasteiger partial charge in [0.1, 0.15) is 10.5 Å². The number of nitrogens with one attached hydrogen (secondary N) is 1. The lowest BCUT2D eigenvalue weighted by atomic mass is 10.3. The van der Waals surface area contributed by atoms with Crippen molar-refractivity contribution in [1.82, 2.24) is 15.0 Å². The maximum Gasteiger partial charge on any atom is 0.296 e. The van der Waals surface area contributed by atoms with Crippen LogP contribution >= 0.6 is 11.3 Å². The fraction of sp³-hybridized carbons (Fsp3) is 0.0625. The third kappa shape index (κ3) is 2.56. The molecule has 0 aliphatic rings. The number of nitrogens with zero attached hydrogens (tertiary/aromatic N) is 3. The first kappa shape index (κ1) is 13.0. The Kier molecular flexibility index (Phi) is 3.29. The normalized spacial score (nSPS) is 10.9. The van der Waals surface area contributed by atoms with Gasteiger partial charge in [-0.3, -0.25) is 4.98 Å². The molecule has 6 heteroatoms. The molecule has 0 fully saturated rings. The van der Waals surface area contributed by atoms with Crippen LogP contribution in [0, 0.1) is 0 Å². The summed E-state index contributed by atoms with van der Waals surface area (Å²) in [4.78, 5) is 13.3. The first-order valence-corrected chi connectivity index (χ1v) is 7.72. The molecule has 0 atom stereocenters. The second kappa shape index (κ2) is 5.57. The molecule has 108 valence electrons. The van der Waals surface area contributed by atoms with Gasteiger partial charge < -0.3 is 9.73 Å². The molecule has 0 bridgehead atoms. The lowest BCUT2D eigenvalue weighted by molar-refractivity contribution is 0.614. The van der Waals surface area contributed by atoms with E-state index in [1.165, 1.54) is 0 Å². The molecule has 0 aliphatic carbocycles. The molecule has 0 spiro atoms. The summed E-state index contributed by atoms with van der Waals surface area (Å²) >= 11 is 1.58. The molecular formula is C16H12N4OS. The summed E-state index contributed by atoms with van der Waals surface area (Å²) in [7, 11) is 0. The van der Waals surface area contributed by atoms with E-state index >= 15 is 0 Å². The van der Waals surface area contributed by atoms with E-state index in [0.717, 1.165) is 27.5 Å². The van der Waals surface area contributed by atoms with Crippen molar-refractivity contribution in [1.29, 1.82) is 0 Å². The number of anilines is 1. The van der Waals surface area contributed by atoms with Crippen molar-refractivity contribution < 1.29 is 4.42 Å². The van der Waals surface area contributed by atoms with E-state index in [-0.39, 0.29) is 0 Å². The Morgan fingerprint density at radius 2 is 1.95 bits per heavy atom. The van der Waals surface area contributed by atoms with Gasteiger partial charge in [-0.05, 0) is 24.3 Å². The zero-order valence-electron chi connectivity index (χ0n) is 11.6. The molecule has 4 aromatic rings. The predicted octanol–water partition coefficient (Wildman–Crippen LogP) is 3.96. The maximum atomic E-state index is 5.62. The van der Waals surface area contributed by atoms with E-state index in [0.29, 0.717) is 12.6 Å². The summed E-state index contributed by atoms with van der Waals surface area (Å²) < 4.78 is 5.62. The average Bonchev–Trinajstić information content (AvgIpc) is 3.20. The largest absolute Gasteiger partial charge is 0.424 e. The van der Waals surface area contributed by atoms with Gasteiger partial charge in [-0.25, -0.2) is 4.98 Å². The van der Waals surface area contributed by atoms with Gasteiger partial charge in [-0.2, -0.15) is 4.98 Å². The van der Waals surface area contributed by atoms with Gasteiger partial charge in [-0.15, -0.1) is 11.3 Å². The van der Waals surface area contributed by atoms with Crippen molar-refractivity contribution >= 4 is 28.5 Å². The van der Waals surface area contributed by atoms with Gasteiger partial charge in [0.25, 0.3) is 6.01 Å². The van der Waals surface area contributed by atoms with E-state index in [2.05, 4.69) is 20.3 Å². The van der Waals surface area contributed by atoms with E-state index in [1.807, 2.05) is 47.8 Å². The molecule has 5 nitrogen and oxygen atoms in total. The quantitative estimate of drug-likeness (QED) is 0.618. The molecule has 22 heavy (non-hydrogen) atoms. The van der Waals surface area contributed by atoms with Crippen LogP contribution in [-0.4, -0.2) is 15.0 Å². The number of pyridine rings is 1. The number of thiazole rings is 1. The zero-order valence-corrected chi connectivity index (χ0v) is 12.4. The molecule has 0 unspecified atom stereocenters. The Balaban J connectivity index is 1.49. The van der Waals surface area contributed by atoms with Crippen molar-refractivity contribution in [2.45, 2.75) is 6.54 Å². The van der Waals surface area contributed by atoms with E-state index in [1.54, 1.807) is 17.5 Å². The Labute approximate surface area is 130 Å². The van der Waals surface area contributed by atoms with Gasteiger partial charge in [0, 0.05) is 11.6 Å². The first-order chi connectivity index (χ1) is 10.9. The zero-order chi connectivity index (χ0) is 14.8. The third-order valence-electron chi connectivity index (χ3n) is 3.15. The highest BCUT2D eigenvalue weighted by molar-refractivity contribution is 7.13. The van der Waals surface area contributed by atoms with Gasteiger partial charge in [-0.1, -0.05) is 18.2 Å². The second-order valence-corrected chi connectivity index (χ2v) is 5.56. The number of hydrogen-bond donors (Lipinski definition) is 1. The lowest BCUT2D eigenvalue weighted by Crippen LogP contribution is -1.99. The number of fused-ring (bicyclic) bond motifs is 1. The van der Waals surface area contributed by atoms with Crippen LogP contribution in [0.25, 0.3) is 21.8 Å². The maximum absolute atomic E-state index is 5.62. The summed E-state index contributed by atoms with van der Waals surface area (Å²) in [6.45, 7) is 0.566. The monoisotopic (exact) mass is 308 g/mol. The van der Waals surface area contributed by atoms with Crippen molar-refractivity contribution in [3.8, 4) is 10.7 Å². The molecule has 0 aliphatic heterocycles. The minimum absolute atomic E-state index is 0.508. The van der Waals surface area contributed by atoms with Gasteiger partial charge in [0.2, 0.25) is 0 Å². The number of para-hydroxylation sites is 2. The molecule has 0 radical (unpaired) electrons. The summed E-state index contributed by atoms with van der Waals surface area (Å²) in [6.07, 6.45) is 1.77. The molecule has 3 aromatic heterocycles. The van der Waals surface area contributed by atoms with Gasteiger partial charge >= 0.3 is 0 Å². The van der Waals surface area contributed by atoms with E-state index < -0.39 is 0 Å². The van der Waals surface area contributed by atoms with Crippen molar-refractivity contribution in [2.24, 2.45) is 0 Å². The lowest BCUT2D eigenvalue weighted by Gasteiger charge is -1.97. The van der Waals surface area contributed by atoms with Crippen LogP contribution in [0.3, 0.4) is 0 Å². The Morgan fingerprint density at radius 3 is 2.82 bits per heavy atom. The van der Waals surface area contributed by atoms with Gasteiger partial charge in [0.15, 0.2) is 5.58 Å². The number of benzene rings is 1. The molecule has 4 rings (SSSR count). The van der Waals surface area contributed by atoms with Crippen LogP contribution in [0.4, 0.5) is 6.01 Å². The summed E-state index contributed by atoms with van der Waals surface area (Å²) in [5.74, 6) is 0. The van der Waals surface area contributed by atoms with Crippen molar-refractivity contribution in [3.63, 3.8) is 0 Å². The van der Waals surface area contributed by atoms with E-state index in [9.17, 15) is 0 Å². The smallest absolute Gasteiger partial charge is 0.296 e. The molecule has 1 aromatic carbocycles. The van der Waals surface area contributed by atoms with E-state index in [4.69, 9.17) is 4.42 Å². The minimum atomic E-state index is 0.508. The molecule has 1 N–H and O–H groups in total. The Bertz CT molecular complexity index is 868. The van der Waals surface area contributed by atoms with Crippen molar-refractivity contribution in [3.05, 3.63) is 59.7 Å².